The minimum Gasteiger partial charge on any atom is -0.481 e. The molecule has 0 saturated heterocycles. The third kappa shape index (κ3) is 3.70. The maximum atomic E-state index is 12.6. The molecule has 106 valence electrons. The van der Waals surface area contributed by atoms with Gasteiger partial charge in [0.25, 0.3) is 0 Å². The number of hydrogen-bond donors (Lipinski definition) is 2. The predicted octanol–water partition coefficient (Wildman–Crippen LogP) is 1.46. The van der Waals surface area contributed by atoms with Crippen LogP contribution in [-0.4, -0.2) is 41.0 Å². The summed E-state index contributed by atoms with van der Waals surface area (Å²) >= 11 is 0. The molecular weight excluding hydrogens is 232 g/mol. The van der Waals surface area contributed by atoms with Crippen molar-refractivity contribution in [3.63, 3.8) is 0 Å². The summed E-state index contributed by atoms with van der Waals surface area (Å²) in [6, 6.07) is -0.302. The van der Waals surface area contributed by atoms with Gasteiger partial charge in [0.2, 0.25) is 5.91 Å². The van der Waals surface area contributed by atoms with Gasteiger partial charge in [-0.2, -0.15) is 0 Å². The van der Waals surface area contributed by atoms with E-state index in [1.54, 1.807) is 11.8 Å². The van der Waals surface area contributed by atoms with Gasteiger partial charge in [0.15, 0.2) is 0 Å². The Morgan fingerprint density at radius 2 is 1.78 bits per heavy atom. The molecule has 0 aliphatic carbocycles. The molecule has 5 nitrogen and oxygen atoms in total. The van der Waals surface area contributed by atoms with E-state index in [0.29, 0.717) is 25.9 Å². The highest BCUT2D eigenvalue weighted by Crippen LogP contribution is 2.28. The predicted molar refractivity (Wildman–Crippen MR) is 71.2 cm³/mol. The molecule has 0 saturated carbocycles. The lowest BCUT2D eigenvalue weighted by Crippen LogP contribution is -2.51. The van der Waals surface area contributed by atoms with Crippen molar-refractivity contribution >= 4 is 11.9 Å². The molecule has 0 aliphatic rings. The van der Waals surface area contributed by atoms with E-state index < -0.39 is 11.4 Å². The topological polar surface area (TPSA) is 83.6 Å². The SMILES string of the molecule is CCN(C(=O)C(CC)(CC)CN)C(C)CC(=O)O. The van der Waals surface area contributed by atoms with Crippen molar-refractivity contribution in [2.75, 3.05) is 13.1 Å². The van der Waals surface area contributed by atoms with Crippen LogP contribution >= 0.6 is 0 Å². The molecule has 1 unspecified atom stereocenters. The third-order valence-electron chi connectivity index (χ3n) is 3.80. The van der Waals surface area contributed by atoms with Crippen LogP contribution in [0.3, 0.4) is 0 Å². The highest BCUT2D eigenvalue weighted by Gasteiger charge is 2.38. The second kappa shape index (κ2) is 7.36. The Morgan fingerprint density at radius 1 is 1.28 bits per heavy atom. The number of aliphatic carboxylic acids is 1. The van der Waals surface area contributed by atoms with E-state index in [2.05, 4.69) is 0 Å². The van der Waals surface area contributed by atoms with Crippen molar-refractivity contribution in [1.82, 2.24) is 4.90 Å². The fourth-order valence-corrected chi connectivity index (χ4v) is 2.25. The van der Waals surface area contributed by atoms with E-state index in [1.807, 2.05) is 20.8 Å². The van der Waals surface area contributed by atoms with Gasteiger partial charge in [-0.05, 0) is 26.7 Å². The van der Waals surface area contributed by atoms with Gasteiger partial charge in [0.05, 0.1) is 11.8 Å². The molecule has 3 N–H and O–H groups in total. The number of carboxylic acid groups (broad SMARTS) is 1. The minimum absolute atomic E-state index is 0.0220. The van der Waals surface area contributed by atoms with Gasteiger partial charge in [-0.1, -0.05) is 13.8 Å². The van der Waals surface area contributed by atoms with Gasteiger partial charge in [-0.3, -0.25) is 9.59 Å². The zero-order valence-electron chi connectivity index (χ0n) is 11.9. The minimum atomic E-state index is -0.889. The first-order valence-electron chi connectivity index (χ1n) is 6.61. The van der Waals surface area contributed by atoms with Crippen molar-refractivity contribution in [3.05, 3.63) is 0 Å². The molecule has 0 fully saturated rings. The fraction of sp³-hybridized carbons (Fsp3) is 0.846. The summed E-state index contributed by atoms with van der Waals surface area (Å²) in [5.74, 6) is -0.911. The number of hydrogen-bond acceptors (Lipinski definition) is 3. The zero-order valence-corrected chi connectivity index (χ0v) is 11.9. The molecule has 0 heterocycles. The van der Waals surface area contributed by atoms with Crippen molar-refractivity contribution in [2.24, 2.45) is 11.1 Å². The molecule has 1 amide bonds. The number of nitrogens with two attached hydrogens (primary N) is 1. The number of rotatable bonds is 8. The van der Waals surface area contributed by atoms with E-state index in [9.17, 15) is 9.59 Å². The Labute approximate surface area is 109 Å². The molecule has 0 aliphatic heterocycles. The van der Waals surface area contributed by atoms with E-state index in [4.69, 9.17) is 10.8 Å². The summed E-state index contributed by atoms with van der Waals surface area (Å²) < 4.78 is 0. The first-order valence-corrected chi connectivity index (χ1v) is 6.61. The van der Waals surface area contributed by atoms with Gasteiger partial charge in [-0.15, -0.1) is 0 Å². The Morgan fingerprint density at radius 3 is 2.06 bits per heavy atom. The molecule has 0 bridgehead atoms. The summed E-state index contributed by atoms with van der Waals surface area (Å²) in [5, 5.41) is 8.82. The maximum absolute atomic E-state index is 12.6. The van der Waals surface area contributed by atoms with Crippen molar-refractivity contribution in [3.8, 4) is 0 Å². The lowest BCUT2D eigenvalue weighted by atomic mass is 9.80. The molecule has 0 aromatic carbocycles. The molecule has 0 spiro atoms. The average Bonchev–Trinajstić information content (AvgIpc) is 2.32. The molecule has 5 heteroatoms. The molecule has 0 radical (unpaired) electrons. The van der Waals surface area contributed by atoms with Gasteiger partial charge in [0.1, 0.15) is 0 Å². The first kappa shape index (κ1) is 16.9. The van der Waals surface area contributed by atoms with Gasteiger partial charge < -0.3 is 15.7 Å². The third-order valence-corrected chi connectivity index (χ3v) is 3.80. The first-order chi connectivity index (χ1) is 8.38. The molecule has 0 aromatic heterocycles. The highest BCUT2D eigenvalue weighted by molar-refractivity contribution is 5.83. The number of carboxylic acids is 1. The van der Waals surface area contributed by atoms with Crippen molar-refractivity contribution in [2.45, 2.75) is 53.0 Å². The van der Waals surface area contributed by atoms with Crippen molar-refractivity contribution < 1.29 is 14.7 Å². The zero-order chi connectivity index (χ0) is 14.3. The van der Waals surface area contributed by atoms with Crippen LogP contribution in [0.15, 0.2) is 0 Å². The lowest BCUT2D eigenvalue weighted by Gasteiger charge is -2.37. The Bertz CT molecular complexity index is 280. The summed E-state index contributed by atoms with van der Waals surface area (Å²) in [6.07, 6.45) is 1.32. The molecule has 0 aromatic rings. The smallest absolute Gasteiger partial charge is 0.305 e. The van der Waals surface area contributed by atoms with E-state index in [1.165, 1.54) is 0 Å². The quantitative estimate of drug-likeness (QED) is 0.690. The van der Waals surface area contributed by atoms with Crippen LogP contribution in [0.1, 0.15) is 47.0 Å². The largest absolute Gasteiger partial charge is 0.481 e. The summed E-state index contributed by atoms with van der Waals surface area (Å²) in [4.78, 5) is 24.9. The summed E-state index contributed by atoms with van der Waals surface area (Å²) in [5.41, 5.74) is 5.21. The molecule has 18 heavy (non-hydrogen) atoms. The molecule has 1 atom stereocenters. The van der Waals surface area contributed by atoms with Crippen LogP contribution in [0.25, 0.3) is 0 Å². The second-order valence-corrected chi connectivity index (χ2v) is 4.73. The maximum Gasteiger partial charge on any atom is 0.305 e. The van der Waals surface area contributed by atoms with Gasteiger partial charge >= 0.3 is 5.97 Å². The van der Waals surface area contributed by atoms with Crippen molar-refractivity contribution in [1.29, 1.82) is 0 Å². The van der Waals surface area contributed by atoms with Crippen LogP contribution in [0.4, 0.5) is 0 Å². The lowest BCUT2D eigenvalue weighted by molar-refractivity contribution is -0.146. The highest BCUT2D eigenvalue weighted by atomic mass is 16.4. The number of carbonyl (C=O) groups is 2. The van der Waals surface area contributed by atoms with E-state index in [0.717, 1.165) is 0 Å². The second-order valence-electron chi connectivity index (χ2n) is 4.73. The number of carbonyl (C=O) groups excluding carboxylic acids is 1. The Balaban J connectivity index is 5.04. The van der Waals surface area contributed by atoms with Crippen LogP contribution < -0.4 is 5.73 Å². The van der Waals surface area contributed by atoms with Crippen LogP contribution in [0.2, 0.25) is 0 Å². The number of amides is 1. The summed E-state index contributed by atoms with van der Waals surface area (Å²) in [6.45, 7) is 8.34. The average molecular weight is 258 g/mol. The summed E-state index contributed by atoms with van der Waals surface area (Å²) in [7, 11) is 0. The van der Waals surface area contributed by atoms with Crippen LogP contribution in [-0.2, 0) is 9.59 Å². The van der Waals surface area contributed by atoms with Gasteiger partial charge in [0, 0.05) is 19.1 Å². The molecule has 0 rings (SSSR count). The van der Waals surface area contributed by atoms with E-state index in [-0.39, 0.29) is 18.4 Å². The van der Waals surface area contributed by atoms with Crippen LogP contribution in [0, 0.1) is 5.41 Å². The molecular formula is C13H26N2O3. The Hall–Kier alpha value is -1.10. The van der Waals surface area contributed by atoms with Gasteiger partial charge in [-0.25, -0.2) is 0 Å². The normalized spacial score (nSPS) is 13.2. The van der Waals surface area contributed by atoms with Crippen LogP contribution in [0.5, 0.6) is 0 Å². The van der Waals surface area contributed by atoms with E-state index >= 15 is 0 Å². The Kier molecular flexibility index (Phi) is 6.91. The number of nitrogens with zero attached hydrogens (tertiary/aromatic N) is 1. The monoisotopic (exact) mass is 258 g/mol. The fourth-order valence-electron chi connectivity index (χ4n) is 2.25. The standard InChI is InChI=1S/C13H26N2O3/c1-5-13(6-2,9-14)12(18)15(7-3)10(4)8-11(16)17/h10H,5-9,14H2,1-4H3,(H,16,17).